The molecular weight excluding hydrogens is 377 g/mol. The Morgan fingerprint density at radius 1 is 1.11 bits per heavy atom. The first-order chi connectivity index (χ1) is 12.9. The summed E-state index contributed by atoms with van der Waals surface area (Å²) in [5.74, 6) is -0.248. The van der Waals surface area contributed by atoms with E-state index in [1.54, 1.807) is 54.6 Å². The van der Waals surface area contributed by atoms with E-state index in [4.69, 9.17) is 4.74 Å². The SMILES string of the molecule is CCOc1ccc(NC(=O)c2sc(-c3ccccc3)nc2C(F)(F)F)cc1. The molecular formula is C19H15F3N2O2S. The molecule has 0 saturated carbocycles. The lowest BCUT2D eigenvalue weighted by Gasteiger charge is -2.08. The number of benzene rings is 2. The van der Waals surface area contributed by atoms with Crippen LogP contribution >= 0.6 is 11.3 Å². The number of hydrogen-bond acceptors (Lipinski definition) is 4. The number of aromatic nitrogens is 1. The monoisotopic (exact) mass is 392 g/mol. The van der Waals surface area contributed by atoms with Gasteiger partial charge in [-0.2, -0.15) is 13.2 Å². The van der Waals surface area contributed by atoms with Gasteiger partial charge in [-0.3, -0.25) is 4.79 Å². The van der Waals surface area contributed by atoms with Crippen molar-refractivity contribution in [2.24, 2.45) is 0 Å². The third-order valence-corrected chi connectivity index (χ3v) is 4.65. The molecule has 1 amide bonds. The number of thiazole rings is 1. The highest BCUT2D eigenvalue weighted by molar-refractivity contribution is 7.17. The second-order valence-corrected chi connectivity index (χ2v) is 6.47. The molecule has 0 unspecified atom stereocenters. The quantitative estimate of drug-likeness (QED) is 0.626. The molecule has 0 spiro atoms. The van der Waals surface area contributed by atoms with Crippen molar-refractivity contribution in [1.82, 2.24) is 4.98 Å². The highest BCUT2D eigenvalue weighted by atomic mass is 32.1. The molecule has 0 aliphatic carbocycles. The number of carbonyl (C=O) groups is 1. The summed E-state index contributed by atoms with van der Waals surface area (Å²) in [5.41, 5.74) is -0.297. The lowest BCUT2D eigenvalue weighted by molar-refractivity contribution is -0.140. The summed E-state index contributed by atoms with van der Waals surface area (Å²) in [4.78, 5) is 15.7. The van der Waals surface area contributed by atoms with Crippen LogP contribution in [0, 0.1) is 0 Å². The summed E-state index contributed by atoms with van der Waals surface area (Å²) in [6, 6.07) is 14.8. The molecule has 1 N–H and O–H groups in total. The van der Waals surface area contributed by atoms with Gasteiger partial charge >= 0.3 is 6.18 Å². The van der Waals surface area contributed by atoms with E-state index in [0.717, 1.165) is 0 Å². The highest BCUT2D eigenvalue weighted by Crippen LogP contribution is 2.38. The summed E-state index contributed by atoms with van der Waals surface area (Å²) in [5, 5.41) is 2.62. The number of anilines is 1. The van der Waals surface area contributed by atoms with Gasteiger partial charge in [0.1, 0.15) is 15.6 Å². The van der Waals surface area contributed by atoms with Gasteiger partial charge in [-0.1, -0.05) is 30.3 Å². The minimum atomic E-state index is -4.73. The Labute approximate surface area is 157 Å². The summed E-state index contributed by atoms with van der Waals surface area (Å²) >= 11 is 0.710. The van der Waals surface area contributed by atoms with Gasteiger partial charge in [0, 0.05) is 11.3 Å². The molecule has 0 saturated heterocycles. The molecule has 3 aromatic rings. The summed E-state index contributed by atoms with van der Waals surface area (Å²) in [6.45, 7) is 2.33. The van der Waals surface area contributed by atoms with Gasteiger partial charge in [0.05, 0.1) is 6.61 Å². The Balaban J connectivity index is 1.90. The maximum atomic E-state index is 13.4. The maximum absolute atomic E-state index is 13.4. The fraction of sp³-hybridized carbons (Fsp3) is 0.158. The Kier molecular flexibility index (Phi) is 5.46. The van der Waals surface area contributed by atoms with Gasteiger partial charge in [0.2, 0.25) is 0 Å². The molecule has 1 heterocycles. The van der Waals surface area contributed by atoms with Crippen LogP contribution in [-0.4, -0.2) is 17.5 Å². The smallest absolute Gasteiger partial charge is 0.435 e. The van der Waals surface area contributed by atoms with Crippen molar-refractivity contribution >= 4 is 22.9 Å². The standard InChI is InChI=1S/C19H15F3N2O2S/c1-2-26-14-10-8-13(9-11-14)23-17(25)15-16(19(20,21)22)24-18(27-15)12-6-4-3-5-7-12/h3-11H,2H2,1H3,(H,23,25). The predicted octanol–water partition coefficient (Wildman–Crippen LogP) is 5.48. The zero-order chi connectivity index (χ0) is 19.4. The Hall–Kier alpha value is -2.87. The van der Waals surface area contributed by atoms with E-state index in [1.807, 2.05) is 6.92 Å². The number of carbonyl (C=O) groups excluding carboxylic acids is 1. The number of rotatable bonds is 5. The van der Waals surface area contributed by atoms with Crippen LogP contribution < -0.4 is 10.1 Å². The first-order valence-electron chi connectivity index (χ1n) is 8.06. The van der Waals surface area contributed by atoms with Gasteiger partial charge in [-0.15, -0.1) is 11.3 Å². The number of nitrogens with one attached hydrogen (secondary N) is 1. The molecule has 0 fully saturated rings. The second kappa shape index (κ2) is 7.79. The number of nitrogens with zero attached hydrogens (tertiary/aromatic N) is 1. The molecule has 3 rings (SSSR count). The summed E-state index contributed by atoms with van der Waals surface area (Å²) in [7, 11) is 0. The number of halogens is 3. The van der Waals surface area contributed by atoms with E-state index < -0.39 is 22.7 Å². The van der Waals surface area contributed by atoms with E-state index in [1.165, 1.54) is 0 Å². The number of ether oxygens (including phenoxy) is 1. The zero-order valence-corrected chi connectivity index (χ0v) is 15.0. The van der Waals surface area contributed by atoms with Crippen molar-refractivity contribution in [2.45, 2.75) is 13.1 Å². The van der Waals surface area contributed by atoms with Crippen LogP contribution in [0.25, 0.3) is 10.6 Å². The molecule has 27 heavy (non-hydrogen) atoms. The normalized spacial score (nSPS) is 11.3. The van der Waals surface area contributed by atoms with E-state index >= 15 is 0 Å². The Morgan fingerprint density at radius 3 is 2.37 bits per heavy atom. The number of alkyl halides is 3. The molecule has 0 bridgehead atoms. The van der Waals surface area contributed by atoms with Crippen molar-refractivity contribution < 1.29 is 22.7 Å². The molecule has 140 valence electrons. The van der Waals surface area contributed by atoms with Crippen LogP contribution in [-0.2, 0) is 6.18 Å². The molecule has 8 heteroatoms. The van der Waals surface area contributed by atoms with Crippen molar-refractivity contribution in [1.29, 1.82) is 0 Å². The van der Waals surface area contributed by atoms with Gasteiger partial charge in [0.15, 0.2) is 5.69 Å². The van der Waals surface area contributed by atoms with Gasteiger partial charge in [0.25, 0.3) is 5.91 Å². The molecule has 4 nitrogen and oxygen atoms in total. The lowest BCUT2D eigenvalue weighted by Crippen LogP contribution is -2.17. The summed E-state index contributed by atoms with van der Waals surface area (Å²) in [6.07, 6.45) is -4.73. The lowest BCUT2D eigenvalue weighted by atomic mass is 10.2. The second-order valence-electron chi connectivity index (χ2n) is 5.47. The number of amides is 1. The van der Waals surface area contributed by atoms with Crippen molar-refractivity contribution in [3.05, 3.63) is 65.2 Å². The van der Waals surface area contributed by atoms with Crippen molar-refractivity contribution in [3.63, 3.8) is 0 Å². The minimum absolute atomic E-state index is 0.139. The minimum Gasteiger partial charge on any atom is -0.494 e. The molecule has 2 aromatic carbocycles. The maximum Gasteiger partial charge on any atom is 0.435 e. The topological polar surface area (TPSA) is 51.2 Å². The van der Waals surface area contributed by atoms with Gasteiger partial charge < -0.3 is 10.1 Å². The van der Waals surface area contributed by atoms with E-state index in [0.29, 0.717) is 34.9 Å². The van der Waals surface area contributed by atoms with Gasteiger partial charge in [-0.25, -0.2) is 4.98 Å². The molecule has 0 aliphatic rings. The molecule has 0 aliphatic heterocycles. The zero-order valence-electron chi connectivity index (χ0n) is 14.2. The third-order valence-electron chi connectivity index (χ3n) is 3.55. The molecule has 0 radical (unpaired) electrons. The first kappa shape index (κ1) is 18.9. The van der Waals surface area contributed by atoms with E-state index in [2.05, 4.69) is 10.3 Å². The fourth-order valence-corrected chi connectivity index (χ4v) is 3.35. The van der Waals surface area contributed by atoms with Crippen LogP contribution in [0.15, 0.2) is 54.6 Å². The van der Waals surface area contributed by atoms with Crippen molar-refractivity contribution in [2.75, 3.05) is 11.9 Å². The predicted molar refractivity (Wildman–Crippen MR) is 98.1 cm³/mol. The number of hydrogen-bond donors (Lipinski definition) is 1. The Bertz CT molecular complexity index is 922. The average molecular weight is 392 g/mol. The first-order valence-corrected chi connectivity index (χ1v) is 8.87. The fourth-order valence-electron chi connectivity index (χ4n) is 2.36. The van der Waals surface area contributed by atoms with Crippen LogP contribution in [0.3, 0.4) is 0 Å². The third kappa shape index (κ3) is 4.46. The van der Waals surface area contributed by atoms with Crippen LogP contribution in [0.5, 0.6) is 5.75 Å². The summed E-state index contributed by atoms with van der Waals surface area (Å²) < 4.78 is 45.4. The average Bonchev–Trinajstić information content (AvgIpc) is 3.10. The largest absolute Gasteiger partial charge is 0.494 e. The highest BCUT2D eigenvalue weighted by Gasteiger charge is 2.39. The van der Waals surface area contributed by atoms with Gasteiger partial charge in [-0.05, 0) is 31.2 Å². The van der Waals surface area contributed by atoms with E-state index in [-0.39, 0.29) is 5.01 Å². The van der Waals surface area contributed by atoms with Crippen LogP contribution in [0.2, 0.25) is 0 Å². The Morgan fingerprint density at radius 2 is 1.78 bits per heavy atom. The van der Waals surface area contributed by atoms with Crippen molar-refractivity contribution in [3.8, 4) is 16.3 Å². The van der Waals surface area contributed by atoms with E-state index in [9.17, 15) is 18.0 Å². The van der Waals surface area contributed by atoms with Crippen LogP contribution in [0.4, 0.5) is 18.9 Å². The molecule has 0 atom stereocenters. The van der Waals surface area contributed by atoms with Crippen LogP contribution in [0.1, 0.15) is 22.3 Å². The molecule has 1 aromatic heterocycles.